The zero-order chi connectivity index (χ0) is 37.0. The molecule has 2 saturated heterocycles. The second-order valence-corrected chi connectivity index (χ2v) is 14.9. The SMILES string of the molecule is C=Cc1c(C)cc(Cl)c(C2CC2)c1C(=C)C1=C(/C=C\CCC)c2c(OCc3ccccc3)nc(OC)nc2C12CC2.CN.FC1CC2CCCN2C1. The van der Waals surface area contributed by atoms with Crippen LogP contribution in [0.1, 0.15) is 110 Å². The van der Waals surface area contributed by atoms with Gasteiger partial charge in [-0.1, -0.05) is 86.7 Å². The van der Waals surface area contributed by atoms with Crippen LogP contribution in [0.4, 0.5) is 4.39 Å². The molecule has 2 aliphatic heterocycles. The number of rotatable bonds is 11. The molecular formula is C44H54ClFN4O2. The molecule has 3 aliphatic carbocycles. The van der Waals surface area contributed by atoms with Crippen LogP contribution in [-0.2, 0) is 12.0 Å². The smallest absolute Gasteiger partial charge is 0.319 e. The molecule has 4 fully saturated rings. The number of unbranched alkanes of at least 4 members (excludes halogenated alkanes) is 1. The van der Waals surface area contributed by atoms with Gasteiger partial charge in [0, 0.05) is 23.0 Å². The molecule has 2 N–H and O–H groups in total. The van der Waals surface area contributed by atoms with E-state index in [0.29, 0.717) is 37.0 Å². The molecule has 2 unspecified atom stereocenters. The minimum absolute atomic E-state index is 0.255. The van der Waals surface area contributed by atoms with Crippen molar-refractivity contribution in [2.75, 3.05) is 27.2 Å². The number of fused-ring (bicyclic) bond motifs is 3. The Morgan fingerprint density at radius 3 is 2.54 bits per heavy atom. The highest BCUT2D eigenvalue weighted by atomic mass is 35.5. The summed E-state index contributed by atoms with van der Waals surface area (Å²) in [6.07, 6.45) is 15.6. The Hall–Kier alpha value is -3.78. The first kappa shape index (κ1) is 38.0. The van der Waals surface area contributed by atoms with Crippen molar-refractivity contribution in [3.8, 4) is 11.9 Å². The van der Waals surface area contributed by atoms with Crippen LogP contribution >= 0.6 is 11.6 Å². The van der Waals surface area contributed by atoms with Crippen LogP contribution in [0.2, 0.25) is 5.02 Å². The number of aromatic nitrogens is 2. The standard InChI is InChI=1S/C36H37ClN2O2.C7H12FN.CH5N/c1-6-8-10-15-27-31-33(38-35(40-5)39-34(31)41-21-24-13-11-9-12-14-24)36(18-19-36)32(27)23(4)29-26(7-2)22(3)20-28(37)30(29)25-16-17-25;8-6-4-7-2-1-3-9(7)5-6;1-2/h7,9-15,20,25H,2,4,6,8,16-19,21H2,1,3,5H3;6-7H,1-5H2;2H2,1H3/b15-10-;;. The molecule has 0 bridgehead atoms. The quantitative estimate of drug-likeness (QED) is 0.212. The summed E-state index contributed by atoms with van der Waals surface area (Å²) >= 11 is 6.96. The maximum atomic E-state index is 12.6. The predicted octanol–water partition coefficient (Wildman–Crippen LogP) is 10.2. The van der Waals surface area contributed by atoms with Gasteiger partial charge in [-0.15, -0.1) is 0 Å². The Morgan fingerprint density at radius 1 is 1.15 bits per heavy atom. The first-order valence-electron chi connectivity index (χ1n) is 18.9. The second-order valence-electron chi connectivity index (χ2n) is 14.5. The molecule has 52 heavy (non-hydrogen) atoms. The molecule has 0 radical (unpaired) electrons. The lowest BCUT2D eigenvalue weighted by atomic mass is 9.81. The van der Waals surface area contributed by atoms with Crippen molar-refractivity contribution in [3.05, 3.63) is 111 Å². The third-order valence-electron chi connectivity index (χ3n) is 11.0. The lowest BCUT2D eigenvalue weighted by Gasteiger charge is -2.23. The molecule has 2 aromatic carbocycles. The lowest BCUT2D eigenvalue weighted by molar-refractivity contribution is 0.282. The van der Waals surface area contributed by atoms with E-state index in [2.05, 4.69) is 61.4 Å². The van der Waals surface area contributed by atoms with E-state index in [1.165, 1.54) is 31.0 Å². The number of nitrogens with two attached hydrogens (primary N) is 1. The zero-order valence-corrected chi connectivity index (χ0v) is 32.1. The Bertz CT molecular complexity index is 1830. The number of benzene rings is 2. The van der Waals surface area contributed by atoms with Crippen LogP contribution in [0.25, 0.3) is 17.2 Å². The molecule has 1 aromatic heterocycles. The zero-order valence-electron chi connectivity index (χ0n) is 31.3. The highest BCUT2D eigenvalue weighted by Crippen LogP contribution is 2.66. The number of hydrogen-bond acceptors (Lipinski definition) is 6. The van der Waals surface area contributed by atoms with Crippen molar-refractivity contribution in [1.82, 2.24) is 14.9 Å². The summed E-state index contributed by atoms with van der Waals surface area (Å²) < 4.78 is 24.7. The lowest BCUT2D eigenvalue weighted by Crippen LogP contribution is -2.22. The fourth-order valence-electron chi connectivity index (χ4n) is 8.35. The van der Waals surface area contributed by atoms with Gasteiger partial charge in [0.15, 0.2) is 0 Å². The van der Waals surface area contributed by atoms with E-state index in [1.54, 1.807) is 7.11 Å². The van der Waals surface area contributed by atoms with E-state index in [-0.39, 0.29) is 5.41 Å². The van der Waals surface area contributed by atoms with Gasteiger partial charge < -0.3 is 15.2 Å². The summed E-state index contributed by atoms with van der Waals surface area (Å²) in [6.45, 7) is 15.6. The Labute approximate surface area is 314 Å². The van der Waals surface area contributed by atoms with E-state index in [4.69, 9.17) is 37.6 Å². The fourth-order valence-corrected chi connectivity index (χ4v) is 8.76. The van der Waals surface area contributed by atoms with E-state index < -0.39 is 6.17 Å². The Balaban J connectivity index is 0.000000361. The second kappa shape index (κ2) is 16.5. The number of ether oxygens (including phenoxy) is 2. The molecule has 8 rings (SSSR count). The number of halogens is 2. The number of aryl methyl sites for hydroxylation is 1. The monoisotopic (exact) mass is 724 g/mol. The Kier molecular flexibility index (Phi) is 12.0. The van der Waals surface area contributed by atoms with Crippen LogP contribution in [-0.4, -0.2) is 54.3 Å². The average molecular weight is 725 g/mol. The molecule has 2 atom stereocenters. The molecule has 3 heterocycles. The summed E-state index contributed by atoms with van der Waals surface area (Å²) in [4.78, 5) is 12.0. The van der Waals surface area contributed by atoms with Gasteiger partial charge in [0.1, 0.15) is 12.8 Å². The molecule has 8 heteroatoms. The molecule has 1 spiro atoms. The van der Waals surface area contributed by atoms with Crippen molar-refractivity contribution in [2.24, 2.45) is 5.73 Å². The average Bonchev–Trinajstić information content (AvgIpc) is 4.05. The van der Waals surface area contributed by atoms with Gasteiger partial charge in [0.25, 0.3) is 0 Å². The maximum Gasteiger partial charge on any atom is 0.319 e. The number of alkyl halides is 1. The van der Waals surface area contributed by atoms with Gasteiger partial charge in [-0.2, -0.15) is 9.97 Å². The Morgan fingerprint density at radius 2 is 1.90 bits per heavy atom. The van der Waals surface area contributed by atoms with Gasteiger partial charge in [-0.05, 0) is 128 Å². The third kappa shape index (κ3) is 7.50. The van der Waals surface area contributed by atoms with Gasteiger partial charge in [0.2, 0.25) is 5.88 Å². The molecule has 3 aromatic rings. The summed E-state index contributed by atoms with van der Waals surface area (Å²) in [5.41, 5.74) is 15.1. The van der Waals surface area contributed by atoms with Gasteiger partial charge >= 0.3 is 6.01 Å². The van der Waals surface area contributed by atoms with Crippen molar-refractivity contribution in [3.63, 3.8) is 0 Å². The number of methoxy groups -OCH3 is 1. The molecule has 6 nitrogen and oxygen atoms in total. The molecule has 0 amide bonds. The van der Waals surface area contributed by atoms with Crippen LogP contribution in [0, 0.1) is 6.92 Å². The normalized spacial score (nSPS) is 20.9. The summed E-state index contributed by atoms with van der Waals surface area (Å²) in [7, 11) is 3.11. The van der Waals surface area contributed by atoms with E-state index >= 15 is 0 Å². The maximum absolute atomic E-state index is 12.6. The van der Waals surface area contributed by atoms with Gasteiger partial charge in [-0.3, -0.25) is 4.90 Å². The fraction of sp³-hybridized carbons (Fsp3) is 0.455. The highest BCUT2D eigenvalue weighted by molar-refractivity contribution is 6.32. The number of allylic oxidation sites excluding steroid dienone is 5. The van der Waals surface area contributed by atoms with Crippen molar-refractivity contribution in [1.29, 1.82) is 0 Å². The molecular weight excluding hydrogens is 671 g/mol. The number of nitrogens with zero attached hydrogens (tertiary/aromatic N) is 3. The first-order chi connectivity index (χ1) is 25.3. The highest BCUT2D eigenvalue weighted by Gasteiger charge is 2.57. The van der Waals surface area contributed by atoms with Gasteiger partial charge in [-0.25, -0.2) is 4.39 Å². The van der Waals surface area contributed by atoms with Crippen LogP contribution in [0.15, 0.2) is 67.3 Å². The van der Waals surface area contributed by atoms with Gasteiger partial charge in [0.05, 0.1) is 18.4 Å². The predicted molar refractivity (Wildman–Crippen MR) is 213 cm³/mol. The molecule has 5 aliphatic rings. The summed E-state index contributed by atoms with van der Waals surface area (Å²) in [5.74, 6) is 1.01. The largest absolute Gasteiger partial charge is 0.472 e. The van der Waals surface area contributed by atoms with E-state index in [9.17, 15) is 4.39 Å². The molecule has 2 saturated carbocycles. The third-order valence-corrected chi connectivity index (χ3v) is 11.3. The van der Waals surface area contributed by atoms with Crippen LogP contribution in [0.3, 0.4) is 0 Å². The minimum Gasteiger partial charge on any atom is -0.472 e. The van der Waals surface area contributed by atoms with Crippen molar-refractivity contribution >= 4 is 28.8 Å². The minimum atomic E-state index is -0.518. The summed E-state index contributed by atoms with van der Waals surface area (Å²) in [6, 6.07) is 13.2. The van der Waals surface area contributed by atoms with Crippen molar-refractivity contribution < 1.29 is 13.9 Å². The van der Waals surface area contributed by atoms with Crippen LogP contribution in [0.5, 0.6) is 11.9 Å². The topological polar surface area (TPSA) is 73.5 Å². The van der Waals surface area contributed by atoms with E-state index in [0.717, 1.165) is 101 Å². The van der Waals surface area contributed by atoms with Crippen LogP contribution < -0.4 is 15.2 Å². The van der Waals surface area contributed by atoms with E-state index in [1.807, 2.05) is 24.3 Å². The summed E-state index contributed by atoms with van der Waals surface area (Å²) in [5, 5.41) is 0.823. The molecule has 276 valence electrons. The van der Waals surface area contributed by atoms with Crippen molar-refractivity contribution in [2.45, 2.75) is 102 Å². The first-order valence-corrected chi connectivity index (χ1v) is 19.3. The number of hydrogen-bond donors (Lipinski definition) is 1.